The van der Waals surface area contributed by atoms with Gasteiger partial charge in [-0.25, -0.2) is 4.79 Å². The van der Waals surface area contributed by atoms with E-state index >= 15 is 0 Å². The highest BCUT2D eigenvalue weighted by atomic mass is 32.2. The molecule has 0 fully saturated rings. The number of rotatable bonds is 10. The SMILES string of the molecule is CCOc1ccc([C@@H]2CC(=O)C3=C(C2)NC(C)=C(C(=O)OCCSCC)[C@H]3c2ccc3c(c2)OCO3)cc1OC. The van der Waals surface area contributed by atoms with E-state index in [1.54, 1.807) is 18.9 Å². The van der Waals surface area contributed by atoms with E-state index in [2.05, 4.69) is 12.2 Å². The number of fused-ring (bicyclic) bond motifs is 1. The minimum absolute atomic E-state index is 0.00592. The van der Waals surface area contributed by atoms with Crippen LogP contribution in [0, 0.1) is 0 Å². The lowest BCUT2D eigenvalue weighted by Crippen LogP contribution is -2.36. The Hall–Kier alpha value is -3.59. The van der Waals surface area contributed by atoms with Crippen molar-refractivity contribution in [2.24, 2.45) is 0 Å². The number of dihydropyridines is 1. The molecule has 2 aromatic rings. The molecule has 3 aliphatic rings. The van der Waals surface area contributed by atoms with E-state index in [1.165, 1.54) is 0 Å². The van der Waals surface area contributed by atoms with Crippen molar-refractivity contribution in [1.82, 2.24) is 5.32 Å². The zero-order chi connectivity index (χ0) is 28.2. The normalized spacial score (nSPS) is 19.8. The molecule has 0 unspecified atom stereocenters. The van der Waals surface area contributed by atoms with Crippen LogP contribution in [0.15, 0.2) is 58.9 Å². The Balaban J connectivity index is 1.50. The molecule has 1 aliphatic carbocycles. The van der Waals surface area contributed by atoms with Gasteiger partial charge < -0.3 is 29.0 Å². The average Bonchev–Trinajstić information content (AvgIpc) is 3.43. The lowest BCUT2D eigenvalue weighted by atomic mass is 9.71. The summed E-state index contributed by atoms with van der Waals surface area (Å²) < 4.78 is 28.1. The van der Waals surface area contributed by atoms with Crippen LogP contribution >= 0.6 is 11.8 Å². The number of hydrogen-bond acceptors (Lipinski definition) is 9. The molecule has 0 aromatic heterocycles. The van der Waals surface area contributed by atoms with Crippen molar-refractivity contribution >= 4 is 23.5 Å². The molecule has 212 valence electrons. The molecule has 8 nitrogen and oxygen atoms in total. The third-order valence-corrected chi connectivity index (χ3v) is 8.26. The molecule has 2 heterocycles. The van der Waals surface area contributed by atoms with Crippen LogP contribution in [0.3, 0.4) is 0 Å². The molecular formula is C31H35NO7S. The van der Waals surface area contributed by atoms with Gasteiger partial charge in [0.1, 0.15) is 6.61 Å². The minimum atomic E-state index is -0.569. The summed E-state index contributed by atoms with van der Waals surface area (Å²) in [7, 11) is 1.61. The standard InChI is InChI=1S/C31H35NO7S/c1-5-36-24-9-7-19(15-26(24)35-4)21-13-22-30(23(33)14-21)29(20-8-10-25-27(16-20)39-17-38-25)28(18(3)32-22)31(34)37-11-12-40-6-2/h7-10,15-16,21,29,32H,5-6,11-14,17H2,1-4H3/t21-,29+/m0/s1. The van der Waals surface area contributed by atoms with E-state index in [0.29, 0.717) is 65.9 Å². The van der Waals surface area contributed by atoms with Gasteiger partial charge in [-0.3, -0.25) is 4.79 Å². The molecule has 0 saturated heterocycles. The Labute approximate surface area is 239 Å². The first-order chi connectivity index (χ1) is 19.4. The number of carbonyl (C=O) groups is 2. The number of thioether (sulfide) groups is 1. The number of allylic oxidation sites excluding steroid dienone is 3. The number of methoxy groups -OCH3 is 1. The highest BCUT2D eigenvalue weighted by Gasteiger charge is 2.42. The highest BCUT2D eigenvalue weighted by Crippen LogP contribution is 2.48. The zero-order valence-electron chi connectivity index (χ0n) is 23.3. The number of esters is 1. The summed E-state index contributed by atoms with van der Waals surface area (Å²) in [4.78, 5) is 27.4. The van der Waals surface area contributed by atoms with E-state index < -0.39 is 11.9 Å². The molecule has 5 rings (SSSR count). The van der Waals surface area contributed by atoms with Crippen molar-refractivity contribution in [3.63, 3.8) is 0 Å². The maximum absolute atomic E-state index is 13.9. The molecule has 0 amide bonds. The van der Waals surface area contributed by atoms with Gasteiger partial charge in [-0.15, -0.1) is 0 Å². The van der Waals surface area contributed by atoms with Crippen molar-refractivity contribution in [3.05, 3.63) is 70.1 Å². The predicted molar refractivity (Wildman–Crippen MR) is 153 cm³/mol. The number of benzene rings is 2. The minimum Gasteiger partial charge on any atom is -0.493 e. The largest absolute Gasteiger partial charge is 0.493 e. The van der Waals surface area contributed by atoms with E-state index in [1.807, 2.05) is 50.2 Å². The summed E-state index contributed by atoms with van der Waals surface area (Å²) in [5.74, 6) is 3.20. The summed E-state index contributed by atoms with van der Waals surface area (Å²) in [5, 5.41) is 3.41. The van der Waals surface area contributed by atoms with Crippen molar-refractivity contribution in [3.8, 4) is 23.0 Å². The average molecular weight is 566 g/mol. The van der Waals surface area contributed by atoms with E-state index in [0.717, 1.165) is 28.3 Å². The zero-order valence-corrected chi connectivity index (χ0v) is 24.2. The van der Waals surface area contributed by atoms with Crippen molar-refractivity contribution in [1.29, 1.82) is 0 Å². The van der Waals surface area contributed by atoms with E-state index in [9.17, 15) is 9.59 Å². The molecule has 0 spiro atoms. The molecule has 0 radical (unpaired) electrons. The molecule has 2 aromatic carbocycles. The molecule has 2 aliphatic heterocycles. The molecule has 40 heavy (non-hydrogen) atoms. The fourth-order valence-corrected chi connectivity index (χ4v) is 6.09. The quantitative estimate of drug-likeness (QED) is 0.297. The van der Waals surface area contributed by atoms with Gasteiger partial charge in [0.25, 0.3) is 0 Å². The maximum Gasteiger partial charge on any atom is 0.336 e. The van der Waals surface area contributed by atoms with Crippen LogP contribution in [-0.2, 0) is 14.3 Å². The summed E-state index contributed by atoms with van der Waals surface area (Å²) in [6.45, 7) is 6.85. The van der Waals surface area contributed by atoms with Crippen LogP contribution in [0.5, 0.6) is 23.0 Å². The van der Waals surface area contributed by atoms with Crippen molar-refractivity contribution < 1.29 is 33.3 Å². The molecule has 1 N–H and O–H groups in total. The number of nitrogens with one attached hydrogen (secondary N) is 1. The fraction of sp³-hybridized carbons (Fsp3) is 0.419. The second-order valence-corrected chi connectivity index (χ2v) is 11.2. The molecule has 0 saturated carbocycles. The molecular weight excluding hydrogens is 530 g/mol. The summed E-state index contributed by atoms with van der Waals surface area (Å²) >= 11 is 1.71. The maximum atomic E-state index is 13.9. The van der Waals surface area contributed by atoms with Crippen LogP contribution in [0.4, 0.5) is 0 Å². The molecule has 0 bridgehead atoms. The van der Waals surface area contributed by atoms with Crippen LogP contribution in [0.2, 0.25) is 0 Å². The number of Topliss-reactive ketones (excluding diaryl/α,β-unsaturated/α-hetero) is 1. The highest BCUT2D eigenvalue weighted by molar-refractivity contribution is 7.99. The Morgan fingerprint density at radius 3 is 2.62 bits per heavy atom. The van der Waals surface area contributed by atoms with Crippen molar-refractivity contribution in [2.75, 3.05) is 38.6 Å². The van der Waals surface area contributed by atoms with Gasteiger partial charge in [0.05, 0.1) is 19.3 Å². The van der Waals surface area contributed by atoms with Crippen molar-refractivity contribution in [2.45, 2.75) is 45.4 Å². The predicted octanol–water partition coefficient (Wildman–Crippen LogP) is 5.48. The number of carbonyl (C=O) groups excluding carboxylic acids is 2. The Morgan fingerprint density at radius 1 is 1.05 bits per heavy atom. The first kappa shape index (κ1) is 28.0. The summed E-state index contributed by atoms with van der Waals surface area (Å²) in [5.41, 5.74) is 4.37. The second kappa shape index (κ2) is 12.3. The van der Waals surface area contributed by atoms with Gasteiger partial charge >= 0.3 is 5.97 Å². The van der Waals surface area contributed by atoms with Gasteiger partial charge in [-0.2, -0.15) is 11.8 Å². The summed E-state index contributed by atoms with van der Waals surface area (Å²) in [6.07, 6.45) is 0.930. The second-order valence-electron chi connectivity index (χ2n) is 9.81. The van der Waals surface area contributed by atoms with Gasteiger partial charge in [-0.1, -0.05) is 19.1 Å². The van der Waals surface area contributed by atoms with Crippen LogP contribution in [0.1, 0.15) is 56.6 Å². The van der Waals surface area contributed by atoms with Crippen LogP contribution < -0.4 is 24.3 Å². The Bertz CT molecular complexity index is 1370. The van der Waals surface area contributed by atoms with Crippen LogP contribution in [-0.4, -0.2) is 50.4 Å². The molecule has 9 heteroatoms. The first-order valence-electron chi connectivity index (χ1n) is 13.6. The lowest BCUT2D eigenvalue weighted by Gasteiger charge is -2.36. The van der Waals surface area contributed by atoms with Gasteiger partial charge in [0.15, 0.2) is 28.8 Å². The van der Waals surface area contributed by atoms with E-state index in [-0.39, 0.29) is 18.5 Å². The Kier molecular flexibility index (Phi) is 8.59. The number of ketones is 1. The third-order valence-electron chi connectivity index (χ3n) is 7.40. The molecule has 2 atom stereocenters. The first-order valence-corrected chi connectivity index (χ1v) is 14.8. The third kappa shape index (κ3) is 5.52. The number of hydrogen-bond donors (Lipinski definition) is 1. The number of ether oxygens (including phenoxy) is 5. The van der Waals surface area contributed by atoms with Gasteiger partial charge in [-0.05, 0) is 67.3 Å². The van der Waals surface area contributed by atoms with Gasteiger partial charge in [0.2, 0.25) is 6.79 Å². The van der Waals surface area contributed by atoms with Gasteiger partial charge in [0, 0.05) is 35.1 Å². The summed E-state index contributed by atoms with van der Waals surface area (Å²) in [6, 6.07) is 11.4. The van der Waals surface area contributed by atoms with E-state index in [4.69, 9.17) is 23.7 Å². The topological polar surface area (TPSA) is 92.3 Å². The lowest BCUT2D eigenvalue weighted by molar-refractivity contribution is -0.138. The smallest absolute Gasteiger partial charge is 0.336 e. The Morgan fingerprint density at radius 2 is 1.85 bits per heavy atom. The fourth-order valence-electron chi connectivity index (χ4n) is 5.60. The monoisotopic (exact) mass is 565 g/mol. The van der Waals surface area contributed by atoms with Crippen LogP contribution in [0.25, 0.3) is 0 Å².